The normalized spacial score (nSPS) is 12.6. The second-order valence-corrected chi connectivity index (χ2v) is 11.9. The lowest BCUT2D eigenvalue weighted by atomic mass is 10.1. The van der Waals surface area contributed by atoms with Crippen molar-refractivity contribution in [3.8, 4) is 0 Å². The molecule has 0 spiro atoms. The van der Waals surface area contributed by atoms with Gasteiger partial charge in [0.05, 0.1) is 22.5 Å². The molecule has 2 amide bonds. The first-order chi connectivity index (χ1) is 18.1. The Kier molecular flexibility index (Phi) is 11.8. The van der Waals surface area contributed by atoms with Gasteiger partial charge in [0.1, 0.15) is 12.6 Å². The highest BCUT2D eigenvalue weighted by molar-refractivity contribution is 7.92. The van der Waals surface area contributed by atoms with Crippen LogP contribution in [0, 0.1) is 0 Å². The van der Waals surface area contributed by atoms with E-state index in [4.69, 9.17) is 34.8 Å². The van der Waals surface area contributed by atoms with Crippen LogP contribution in [0.4, 0.5) is 18.9 Å². The number of unbranched alkanes of at least 4 members (excludes halogenated alkanes) is 1. The van der Waals surface area contributed by atoms with E-state index in [1.54, 1.807) is 25.1 Å². The van der Waals surface area contributed by atoms with Crippen LogP contribution in [0.1, 0.15) is 44.2 Å². The zero-order valence-electron chi connectivity index (χ0n) is 21.5. The molecule has 0 aliphatic heterocycles. The molecule has 1 atom stereocenters. The van der Waals surface area contributed by atoms with Gasteiger partial charge in [-0.1, -0.05) is 61.1 Å². The Balaban J connectivity index is 2.57. The van der Waals surface area contributed by atoms with Crippen molar-refractivity contribution >= 4 is 62.3 Å². The molecule has 0 saturated heterocycles. The zero-order chi connectivity index (χ0) is 29.5. The van der Waals surface area contributed by atoms with Crippen molar-refractivity contribution in [1.82, 2.24) is 10.2 Å². The second kappa shape index (κ2) is 13.9. The Morgan fingerprint density at radius 3 is 2.15 bits per heavy atom. The number of carbonyl (C=O) groups excluding carboxylic acids is 2. The molecule has 0 aliphatic carbocycles. The van der Waals surface area contributed by atoms with Crippen molar-refractivity contribution in [3.63, 3.8) is 0 Å². The minimum Gasteiger partial charge on any atom is -0.354 e. The van der Waals surface area contributed by atoms with Crippen LogP contribution < -0.4 is 9.62 Å². The van der Waals surface area contributed by atoms with Crippen LogP contribution >= 0.6 is 34.8 Å². The van der Waals surface area contributed by atoms with Gasteiger partial charge in [-0.05, 0) is 43.2 Å². The molecule has 216 valence electrons. The molecule has 0 unspecified atom stereocenters. The molecular weight excluding hydrogens is 602 g/mol. The first-order valence-corrected chi connectivity index (χ1v) is 14.9. The molecule has 2 aromatic carbocycles. The van der Waals surface area contributed by atoms with Crippen molar-refractivity contribution < 1.29 is 31.2 Å². The number of benzene rings is 2. The fourth-order valence-corrected chi connectivity index (χ4v) is 5.39. The maximum absolute atomic E-state index is 13.7. The lowest BCUT2D eigenvalue weighted by molar-refractivity contribution is -0.140. The summed E-state index contributed by atoms with van der Waals surface area (Å²) in [5.74, 6) is -1.35. The average molecular weight is 631 g/mol. The summed E-state index contributed by atoms with van der Waals surface area (Å²) in [6.45, 7) is 2.77. The summed E-state index contributed by atoms with van der Waals surface area (Å²) in [6.07, 6.45) is -2.39. The van der Waals surface area contributed by atoms with Crippen molar-refractivity contribution in [1.29, 1.82) is 0 Å². The molecule has 0 bridgehead atoms. The smallest absolute Gasteiger partial charge is 0.354 e. The molecule has 0 saturated carbocycles. The van der Waals surface area contributed by atoms with Crippen molar-refractivity contribution in [2.45, 2.75) is 51.9 Å². The lowest BCUT2D eigenvalue weighted by Crippen LogP contribution is -2.52. The molecule has 0 heterocycles. The van der Waals surface area contributed by atoms with Gasteiger partial charge >= 0.3 is 6.18 Å². The van der Waals surface area contributed by atoms with Gasteiger partial charge in [-0.15, -0.1) is 0 Å². The van der Waals surface area contributed by atoms with Gasteiger partial charge in [-0.25, -0.2) is 8.42 Å². The predicted molar refractivity (Wildman–Crippen MR) is 148 cm³/mol. The summed E-state index contributed by atoms with van der Waals surface area (Å²) in [5, 5.41) is 2.86. The van der Waals surface area contributed by atoms with Crippen LogP contribution in [0.25, 0.3) is 0 Å². The molecule has 0 aliphatic rings. The van der Waals surface area contributed by atoms with E-state index >= 15 is 0 Å². The van der Waals surface area contributed by atoms with Crippen molar-refractivity contribution in [2.24, 2.45) is 0 Å². The van der Waals surface area contributed by atoms with Crippen LogP contribution in [-0.2, 0) is 32.3 Å². The molecule has 14 heteroatoms. The largest absolute Gasteiger partial charge is 0.416 e. The van der Waals surface area contributed by atoms with Gasteiger partial charge < -0.3 is 10.2 Å². The highest BCUT2D eigenvalue weighted by atomic mass is 35.5. The van der Waals surface area contributed by atoms with E-state index in [2.05, 4.69) is 5.32 Å². The SMILES string of the molecule is CCCCNC(=O)[C@@H](CC)N(Cc1c(Cl)cccc1Cl)C(=O)CN(c1cc(C(F)(F)F)ccc1Cl)S(C)(=O)=O. The Bertz CT molecular complexity index is 1270. The third kappa shape index (κ3) is 8.89. The number of halogens is 6. The highest BCUT2D eigenvalue weighted by Crippen LogP contribution is 2.36. The lowest BCUT2D eigenvalue weighted by Gasteiger charge is -2.33. The quantitative estimate of drug-likeness (QED) is 0.285. The number of sulfonamides is 1. The fourth-order valence-electron chi connectivity index (χ4n) is 3.75. The standard InChI is InChI=1S/C25H29Cl3F3N3O4S/c1-4-6-12-32-24(36)21(5-2)33(14-17-18(26)8-7-9-19(17)27)23(35)15-34(39(3,37)38)22-13-16(25(29,30)31)10-11-20(22)28/h7-11,13,21H,4-6,12,14-15H2,1-3H3,(H,32,36)/t21-/m1/s1. The first-order valence-electron chi connectivity index (χ1n) is 12.0. The third-order valence-corrected chi connectivity index (χ3v) is 7.98. The van der Waals surface area contributed by atoms with E-state index in [9.17, 15) is 31.2 Å². The maximum atomic E-state index is 13.7. The summed E-state index contributed by atoms with van der Waals surface area (Å²) in [5.41, 5.74) is -1.36. The van der Waals surface area contributed by atoms with E-state index in [0.717, 1.165) is 23.6 Å². The molecule has 0 aromatic heterocycles. The number of rotatable bonds is 12. The van der Waals surface area contributed by atoms with Crippen LogP contribution in [0.15, 0.2) is 36.4 Å². The molecule has 0 fully saturated rings. The molecule has 0 radical (unpaired) electrons. The van der Waals surface area contributed by atoms with Gasteiger partial charge in [-0.3, -0.25) is 13.9 Å². The topological polar surface area (TPSA) is 86.8 Å². The average Bonchev–Trinajstić information content (AvgIpc) is 2.83. The number of anilines is 1. The Morgan fingerprint density at radius 1 is 1.03 bits per heavy atom. The van der Waals surface area contributed by atoms with Crippen LogP contribution in [0.3, 0.4) is 0 Å². The molecule has 39 heavy (non-hydrogen) atoms. The van der Waals surface area contributed by atoms with E-state index in [1.807, 2.05) is 6.92 Å². The third-order valence-electron chi connectivity index (χ3n) is 5.83. The van der Waals surface area contributed by atoms with Gasteiger partial charge in [-0.2, -0.15) is 13.2 Å². The summed E-state index contributed by atoms with van der Waals surface area (Å²) in [4.78, 5) is 27.9. The summed E-state index contributed by atoms with van der Waals surface area (Å²) in [7, 11) is -4.31. The van der Waals surface area contributed by atoms with Gasteiger partial charge in [0.2, 0.25) is 21.8 Å². The summed E-state index contributed by atoms with van der Waals surface area (Å²) < 4.78 is 66.0. The Hall–Kier alpha value is -2.21. The van der Waals surface area contributed by atoms with Crippen LogP contribution in [-0.4, -0.2) is 50.5 Å². The number of carbonyl (C=O) groups is 2. The van der Waals surface area contributed by atoms with Crippen LogP contribution in [0.2, 0.25) is 15.1 Å². The molecule has 1 N–H and O–H groups in total. The number of hydrogen-bond acceptors (Lipinski definition) is 4. The zero-order valence-corrected chi connectivity index (χ0v) is 24.6. The first kappa shape index (κ1) is 33.0. The second-order valence-electron chi connectivity index (χ2n) is 8.72. The molecule has 7 nitrogen and oxygen atoms in total. The number of nitrogens with one attached hydrogen (secondary N) is 1. The maximum Gasteiger partial charge on any atom is 0.416 e. The van der Waals surface area contributed by atoms with Gasteiger partial charge in [0.15, 0.2) is 0 Å². The van der Waals surface area contributed by atoms with Crippen LogP contribution in [0.5, 0.6) is 0 Å². The number of nitrogens with zero attached hydrogens (tertiary/aromatic N) is 2. The summed E-state index contributed by atoms with van der Waals surface area (Å²) in [6, 6.07) is 5.78. The van der Waals surface area contributed by atoms with Gasteiger partial charge in [0.25, 0.3) is 0 Å². The molecule has 2 rings (SSSR count). The predicted octanol–water partition coefficient (Wildman–Crippen LogP) is 6.16. The monoisotopic (exact) mass is 629 g/mol. The highest BCUT2D eigenvalue weighted by Gasteiger charge is 2.35. The van der Waals surface area contributed by atoms with E-state index in [1.165, 1.54) is 0 Å². The minimum atomic E-state index is -4.79. The van der Waals surface area contributed by atoms with E-state index in [-0.39, 0.29) is 28.0 Å². The Labute approximate surface area is 241 Å². The number of amides is 2. The molecular formula is C25H29Cl3F3N3O4S. The van der Waals surface area contributed by atoms with E-state index in [0.29, 0.717) is 35.0 Å². The Morgan fingerprint density at radius 2 is 1.64 bits per heavy atom. The van der Waals surface area contributed by atoms with Gasteiger partial charge in [0, 0.05) is 28.7 Å². The molecule has 2 aromatic rings. The van der Waals surface area contributed by atoms with Crippen molar-refractivity contribution in [3.05, 3.63) is 62.6 Å². The van der Waals surface area contributed by atoms with E-state index < -0.39 is 51.9 Å². The number of alkyl halides is 3. The summed E-state index contributed by atoms with van der Waals surface area (Å²) >= 11 is 18.7. The fraction of sp³-hybridized carbons (Fsp3) is 0.440. The minimum absolute atomic E-state index is 0.148. The van der Waals surface area contributed by atoms with Crippen molar-refractivity contribution in [2.75, 3.05) is 23.7 Å². The number of hydrogen-bond donors (Lipinski definition) is 1.